The predicted octanol–water partition coefficient (Wildman–Crippen LogP) is 3.69. The van der Waals surface area contributed by atoms with Crippen molar-refractivity contribution >= 4 is 29.2 Å². The SMILES string of the molecule is C[C@H](Oc1ccc(C#N)cc1)C(=O)O[C@H](C)C(=O)Nc1ccc(F)cc1Cl. The molecular formula is C19H16ClFN2O4. The van der Waals surface area contributed by atoms with Gasteiger partial charge in [0.05, 0.1) is 22.3 Å². The van der Waals surface area contributed by atoms with Crippen molar-refractivity contribution in [3.63, 3.8) is 0 Å². The highest BCUT2D eigenvalue weighted by Gasteiger charge is 2.23. The number of carbonyl (C=O) groups is 2. The Balaban J connectivity index is 1.91. The lowest BCUT2D eigenvalue weighted by molar-refractivity contribution is -0.159. The van der Waals surface area contributed by atoms with Crippen LogP contribution in [0.1, 0.15) is 19.4 Å². The number of carbonyl (C=O) groups excluding carboxylic acids is 2. The molecule has 0 spiro atoms. The molecule has 0 aromatic heterocycles. The van der Waals surface area contributed by atoms with Crippen LogP contribution in [0.25, 0.3) is 0 Å². The van der Waals surface area contributed by atoms with E-state index in [-0.39, 0.29) is 10.7 Å². The molecule has 0 saturated carbocycles. The Morgan fingerprint density at radius 1 is 1.15 bits per heavy atom. The second-order valence-corrected chi connectivity index (χ2v) is 6.00. The highest BCUT2D eigenvalue weighted by atomic mass is 35.5. The second kappa shape index (κ2) is 9.01. The molecule has 2 atom stereocenters. The van der Waals surface area contributed by atoms with Crippen LogP contribution in [-0.4, -0.2) is 24.1 Å². The van der Waals surface area contributed by atoms with Gasteiger partial charge in [-0.1, -0.05) is 11.6 Å². The zero-order valence-corrected chi connectivity index (χ0v) is 15.3. The summed E-state index contributed by atoms with van der Waals surface area (Å²) in [6.45, 7) is 2.86. The molecule has 0 heterocycles. The Bertz CT molecular complexity index is 880. The molecule has 0 unspecified atom stereocenters. The summed E-state index contributed by atoms with van der Waals surface area (Å²) in [5.74, 6) is -1.52. The second-order valence-electron chi connectivity index (χ2n) is 5.59. The van der Waals surface area contributed by atoms with Crippen LogP contribution in [0.3, 0.4) is 0 Å². The van der Waals surface area contributed by atoms with Gasteiger partial charge >= 0.3 is 5.97 Å². The van der Waals surface area contributed by atoms with Crippen LogP contribution in [0.15, 0.2) is 42.5 Å². The maximum atomic E-state index is 13.0. The summed E-state index contributed by atoms with van der Waals surface area (Å²) in [5, 5.41) is 11.2. The number of esters is 1. The monoisotopic (exact) mass is 390 g/mol. The Hall–Kier alpha value is -3.11. The van der Waals surface area contributed by atoms with E-state index in [0.717, 1.165) is 12.1 Å². The van der Waals surface area contributed by atoms with Crippen molar-refractivity contribution in [1.82, 2.24) is 0 Å². The van der Waals surface area contributed by atoms with Crippen LogP contribution in [0.5, 0.6) is 5.75 Å². The van der Waals surface area contributed by atoms with E-state index in [1.54, 1.807) is 24.3 Å². The summed E-state index contributed by atoms with van der Waals surface area (Å²) in [6.07, 6.45) is -2.09. The molecule has 0 fully saturated rings. The van der Waals surface area contributed by atoms with Gasteiger partial charge in [0.25, 0.3) is 5.91 Å². The Morgan fingerprint density at radius 3 is 2.41 bits per heavy atom. The summed E-state index contributed by atoms with van der Waals surface area (Å²) in [7, 11) is 0. The van der Waals surface area contributed by atoms with E-state index in [1.807, 2.05) is 6.07 Å². The van der Waals surface area contributed by atoms with Crippen molar-refractivity contribution < 1.29 is 23.5 Å². The number of hydrogen-bond acceptors (Lipinski definition) is 5. The molecule has 6 nitrogen and oxygen atoms in total. The van der Waals surface area contributed by atoms with E-state index in [2.05, 4.69) is 5.32 Å². The standard InChI is InChI=1S/C19H16ClFN2O4/c1-11(18(24)23-17-8-5-14(21)9-16(17)20)27-19(25)12(2)26-15-6-3-13(10-22)4-7-15/h3-9,11-12H,1-2H3,(H,23,24)/t11-,12+/m1/s1. The molecule has 1 amide bonds. The fourth-order valence-electron chi connectivity index (χ4n) is 2.01. The number of anilines is 1. The van der Waals surface area contributed by atoms with Gasteiger partial charge in [-0.2, -0.15) is 5.26 Å². The largest absolute Gasteiger partial charge is 0.479 e. The van der Waals surface area contributed by atoms with Crippen LogP contribution in [-0.2, 0) is 14.3 Å². The molecule has 1 N–H and O–H groups in total. The first-order chi connectivity index (χ1) is 12.8. The number of nitrogens with zero attached hydrogens (tertiary/aromatic N) is 1. The molecule has 2 aromatic rings. The van der Waals surface area contributed by atoms with E-state index < -0.39 is 29.9 Å². The minimum absolute atomic E-state index is 0.0272. The lowest BCUT2D eigenvalue weighted by atomic mass is 10.2. The van der Waals surface area contributed by atoms with E-state index in [4.69, 9.17) is 26.3 Å². The van der Waals surface area contributed by atoms with Crippen LogP contribution in [0.4, 0.5) is 10.1 Å². The molecule has 0 aliphatic rings. The molecule has 0 aliphatic carbocycles. The molecule has 0 aliphatic heterocycles. The van der Waals surface area contributed by atoms with Gasteiger partial charge in [-0.15, -0.1) is 0 Å². The highest BCUT2D eigenvalue weighted by molar-refractivity contribution is 6.33. The topological polar surface area (TPSA) is 88.4 Å². The lowest BCUT2D eigenvalue weighted by Crippen LogP contribution is -2.35. The molecule has 0 saturated heterocycles. The quantitative estimate of drug-likeness (QED) is 0.760. The summed E-state index contributed by atoms with van der Waals surface area (Å²) in [4.78, 5) is 24.2. The van der Waals surface area contributed by atoms with Crippen molar-refractivity contribution in [2.75, 3.05) is 5.32 Å². The molecular weight excluding hydrogens is 375 g/mol. The van der Waals surface area contributed by atoms with Crippen molar-refractivity contribution in [1.29, 1.82) is 5.26 Å². The van der Waals surface area contributed by atoms with Gasteiger partial charge in [-0.05, 0) is 56.3 Å². The smallest absolute Gasteiger partial charge is 0.347 e. The van der Waals surface area contributed by atoms with Gasteiger partial charge in [0.15, 0.2) is 12.2 Å². The average molecular weight is 391 g/mol. The van der Waals surface area contributed by atoms with Crippen LogP contribution < -0.4 is 10.1 Å². The zero-order chi connectivity index (χ0) is 20.0. The first-order valence-electron chi connectivity index (χ1n) is 7.93. The van der Waals surface area contributed by atoms with E-state index >= 15 is 0 Å². The highest BCUT2D eigenvalue weighted by Crippen LogP contribution is 2.22. The number of nitriles is 1. The minimum atomic E-state index is -1.12. The normalized spacial score (nSPS) is 12.4. The molecule has 8 heteroatoms. The van der Waals surface area contributed by atoms with E-state index in [0.29, 0.717) is 11.3 Å². The molecule has 2 aromatic carbocycles. The third-order valence-electron chi connectivity index (χ3n) is 3.48. The van der Waals surface area contributed by atoms with Crippen LogP contribution in [0, 0.1) is 17.1 Å². The first-order valence-corrected chi connectivity index (χ1v) is 8.31. The van der Waals surface area contributed by atoms with Gasteiger partial charge in [-0.3, -0.25) is 4.79 Å². The van der Waals surface area contributed by atoms with Gasteiger partial charge in [0.1, 0.15) is 11.6 Å². The minimum Gasteiger partial charge on any atom is -0.479 e. The van der Waals surface area contributed by atoms with Gasteiger partial charge in [0, 0.05) is 0 Å². The molecule has 140 valence electrons. The van der Waals surface area contributed by atoms with Gasteiger partial charge in [0.2, 0.25) is 0 Å². The summed E-state index contributed by atoms with van der Waals surface area (Å²) in [6, 6.07) is 11.7. The van der Waals surface area contributed by atoms with Crippen molar-refractivity contribution in [2.45, 2.75) is 26.1 Å². The predicted molar refractivity (Wildman–Crippen MR) is 96.8 cm³/mol. The number of halogens is 2. The number of ether oxygens (including phenoxy) is 2. The maximum absolute atomic E-state index is 13.0. The number of benzene rings is 2. The molecule has 2 rings (SSSR count). The van der Waals surface area contributed by atoms with Gasteiger partial charge in [-0.25, -0.2) is 9.18 Å². The van der Waals surface area contributed by atoms with Gasteiger partial charge < -0.3 is 14.8 Å². The van der Waals surface area contributed by atoms with E-state index in [9.17, 15) is 14.0 Å². The Labute approximate surface area is 160 Å². The number of nitrogens with one attached hydrogen (secondary N) is 1. The van der Waals surface area contributed by atoms with Crippen LogP contribution in [0.2, 0.25) is 5.02 Å². The summed E-state index contributed by atoms with van der Waals surface area (Å²) in [5.41, 5.74) is 0.662. The summed E-state index contributed by atoms with van der Waals surface area (Å²) < 4.78 is 23.5. The zero-order valence-electron chi connectivity index (χ0n) is 14.5. The fraction of sp³-hybridized carbons (Fsp3) is 0.211. The third kappa shape index (κ3) is 5.69. The maximum Gasteiger partial charge on any atom is 0.347 e. The first kappa shape index (κ1) is 20.2. The third-order valence-corrected chi connectivity index (χ3v) is 3.79. The lowest BCUT2D eigenvalue weighted by Gasteiger charge is -2.18. The fourth-order valence-corrected chi connectivity index (χ4v) is 2.22. The average Bonchev–Trinajstić information content (AvgIpc) is 2.64. The molecule has 27 heavy (non-hydrogen) atoms. The number of rotatable bonds is 6. The van der Waals surface area contributed by atoms with Crippen LogP contribution >= 0.6 is 11.6 Å². The van der Waals surface area contributed by atoms with Crippen molar-refractivity contribution in [3.8, 4) is 11.8 Å². The Morgan fingerprint density at radius 2 is 1.81 bits per heavy atom. The summed E-state index contributed by atoms with van der Waals surface area (Å²) >= 11 is 5.84. The van der Waals surface area contributed by atoms with Crippen molar-refractivity contribution in [2.24, 2.45) is 0 Å². The number of amides is 1. The van der Waals surface area contributed by atoms with Crippen molar-refractivity contribution in [3.05, 3.63) is 58.9 Å². The number of hydrogen-bond donors (Lipinski definition) is 1. The van der Waals surface area contributed by atoms with E-state index in [1.165, 1.54) is 19.9 Å². The molecule has 0 bridgehead atoms. The Kier molecular flexibility index (Phi) is 6.74. The molecule has 0 radical (unpaired) electrons.